The summed E-state index contributed by atoms with van der Waals surface area (Å²) in [6.45, 7) is 3.18. The molecule has 168 valence electrons. The number of hydrogen-bond donors (Lipinski definition) is 1. The van der Waals surface area contributed by atoms with Crippen LogP contribution in [-0.2, 0) is 6.18 Å². The molecule has 0 unspecified atom stereocenters. The number of carbonyl (C=O) groups is 1. The molecule has 4 rings (SSSR count). The number of alkyl halides is 3. The van der Waals surface area contributed by atoms with Crippen LogP contribution in [0.4, 0.5) is 23.2 Å². The fourth-order valence-electron chi connectivity index (χ4n) is 3.89. The van der Waals surface area contributed by atoms with Crippen molar-refractivity contribution in [3.8, 4) is 16.8 Å². The zero-order valence-corrected chi connectivity index (χ0v) is 17.9. The summed E-state index contributed by atoms with van der Waals surface area (Å²) in [7, 11) is 0. The highest BCUT2D eigenvalue weighted by Crippen LogP contribution is 2.35. The van der Waals surface area contributed by atoms with Gasteiger partial charge in [0.15, 0.2) is 0 Å². The fourth-order valence-corrected chi connectivity index (χ4v) is 3.89. The third kappa shape index (κ3) is 4.39. The van der Waals surface area contributed by atoms with E-state index in [-0.39, 0.29) is 16.9 Å². The van der Waals surface area contributed by atoms with Gasteiger partial charge in [-0.05, 0) is 55.3 Å². The Bertz CT molecular complexity index is 1320. The molecule has 1 aromatic heterocycles. The molecule has 4 aromatic rings. The average molecular weight is 452 g/mol. The Kier molecular flexibility index (Phi) is 5.80. The molecular formula is C26H20F4N2O. The number of para-hydroxylation sites is 1. The number of aryl methyl sites for hydroxylation is 1. The number of nitrogens with one attached hydrogen (secondary N) is 1. The van der Waals surface area contributed by atoms with Crippen molar-refractivity contribution in [2.45, 2.75) is 20.0 Å². The van der Waals surface area contributed by atoms with E-state index in [1.165, 1.54) is 41.0 Å². The van der Waals surface area contributed by atoms with Crippen molar-refractivity contribution in [2.75, 3.05) is 5.32 Å². The van der Waals surface area contributed by atoms with Gasteiger partial charge in [-0.2, -0.15) is 13.2 Å². The maximum atomic E-state index is 14.7. The van der Waals surface area contributed by atoms with Crippen molar-refractivity contribution in [1.82, 2.24) is 4.57 Å². The van der Waals surface area contributed by atoms with Gasteiger partial charge in [0.05, 0.1) is 22.5 Å². The van der Waals surface area contributed by atoms with Gasteiger partial charge in [-0.1, -0.05) is 48.5 Å². The highest BCUT2D eigenvalue weighted by Gasteiger charge is 2.34. The highest BCUT2D eigenvalue weighted by molar-refractivity contribution is 6.05. The second kappa shape index (κ2) is 8.58. The molecule has 0 saturated heterocycles. The number of aromatic nitrogens is 1. The van der Waals surface area contributed by atoms with Gasteiger partial charge < -0.3 is 9.88 Å². The lowest BCUT2D eigenvalue weighted by molar-refractivity contribution is -0.137. The van der Waals surface area contributed by atoms with Gasteiger partial charge in [-0.3, -0.25) is 4.79 Å². The Labute approximate surface area is 188 Å². The van der Waals surface area contributed by atoms with Crippen molar-refractivity contribution in [2.24, 2.45) is 0 Å². The molecule has 33 heavy (non-hydrogen) atoms. The number of nitrogens with zero attached hydrogens (tertiary/aromatic N) is 1. The van der Waals surface area contributed by atoms with Crippen LogP contribution in [0.3, 0.4) is 0 Å². The van der Waals surface area contributed by atoms with Gasteiger partial charge in [0, 0.05) is 11.4 Å². The normalized spacial score (nSPS) is 11.5. The predicted octanol–water partition coefficient (Wildman–Crippen LogP) is 7.17. The van der Waals surface area contributed by atoms with Crippen LogP contribution in [-0.4, -0.2) is 10.5 Å². The minimum absolute atomic E-state index is 0.0137. The molecule has 0 aliphatic carbocycles. The summed E-state index contributed by atoms with van der Waals surface area (Å²) < 4.78 is 56.6. The van der Waals surface area contributed by atoms with E-state index in [2.05, 4.69) is 5.32 Å². The van der Waals surface area contributed by atoms with Crippen LogP contribution in [0.25, 0.3) is 16.8 Å². The smallest absolute Gasteiger partial charge is 0.319 e. The Morgan fingerprint density at radius 2 is 1.52 bits per heavy atom. The molecule has 1 heterocycles. The number of carbonyl (C=O) groups excluding carboxylic acids is 1. The summed E-state index contributed by atoms with van der Waals surface area (Å²) >= 11 is 0. The molecule has 7 heteroatoms. The molecule has 3 aromatic carbocycles. The van der Waals surface area contributed by atoms with Crippen molar-refractivity contribution in [1.29, 1.82) is 0 Å². The maximum absolute atomic E-state index is 14.7. The molecule has 0 spiro atoms. The number of amides is 1. The van der Waals surface area contributed by atoms with Crippen LogP contribution in [0.5, 0.6) is 0 Å². The van der Waals surface area contributed by atoms with Crippen LogP contribution in [0.15, 0.2) is 78.9 Å². The van der Waals surface area contributed by atoms with Gasteiger partial charge in [-0.15, -0.1) is 0 Å². The summed E-state index contributed by atoms with van der Waals surface area (Å²) in [5.74, 6) is -1.22. The van der Waals surface area contributed by atoms with E-state index in [1.54, 1.807) is 19.9 Å². The van der Waals surface area contributed by atoms with Crippen LogP contribution in [0, 0.1) is 19.7 Å². The van der Waals surface area contributed by atoms with E-state index < -0.39 is 23.5 Å². The van der Waals surface area contributed by atoms with Crippen LogP contribution < -0.4 is 5.32 Å². The number of rotatable bonds is 4. The monoisotopic (exact) mass is 452 g/mol. The summed E-state index contributed by atoms with van der Waals surface area (Å²) in [6, 6.07) is 20.4. The molecule has 0 aliphatic rings. The van der Waals surface area contributed by atoms with E-state index in [0.29, 0.717) is 17.0 Å². The SMILES string of the molecule is Cc1cc(C(=O)Nc2ccc(-c3ccccc3)cc2F)c(C)n1-c1ccccc1C(F)(F)F. The minimum Gasteiger partial charge on any atom is -0.319 e. The van der Waals surface area contributed by atoms with Gasteiger partial charge >= 0.3 is 6.18 Å². The van der Waals surface area contributed by atoms with E-state index in [0.717, 1.165) is 11.6 Å². The van der Waals surface area contributed by atoms with Crippen LogP contribution in [0.1, 0.15) is 27.3 Å². The lowest BCUT2D eigenvalue weighted by Gasteiger charge is -2.17. The van der Waals surface area contributed by atoms with E-state index in [4.69, 9.17) is 0 Å². The minimum atomic E-state index is -4.55. The van der Waals surface area contributed by atoms with Gasteiger partial charge in [0.25, 0.3) is 5.91 Å². The van der Waals surface area contributed by atoms with E-state index in [1.807, 2.05) is 30.3 Å². The summed E-state index contributed by atoms with van der Waals surface area (Å²) in [6.07, 6.45) is -4.55. The van der Waals surface area contributed by atoms with Gasteiger partial charge in [-0.25, -0.2) is 4.39 Å². The second-order valence-corrected chi connectivity index (χ2v) is 7.65. The molecule has 3 nitrogen and oxygen atoms in total. The molecule has 0 radical (unpaired) electrons. The average Bonchev–Trinajstić information content (AvgIpc) is 3.09. The Morgan fingerprint density at radius 3 is 2.18 bits per heavy atom. The fraction of sp³-hybridized carbons (Fsp3) is 0.115. The number of hydrogen-bond acceptors (Lipinski definition) is 1. The largest absolute Gasteiger partial charge is 0.418 e. The summed E-state index contributed by atoms with van der Waals surface area (Å²) in [4.78, 5) is 12.9. The Balaban J connectivity index is 1.65. The molecule has 0 bridgehead atoms. The first-order chi connectivity index (χ1) is 15.7. The first kappa shape index (κ1) is 22.3. The van der Waals surface area contributed by atoms with Crippen molar-refractivity contribution < 1.29 is 22.4 Å². The quantitative estimate of drug-likeness (QED) is 0.327. The van der Waals surface area contributed by atoms with Crippen LogP contribution >= 0.6 is 0 Å². The summed E-state index contributed by atoms with van der Waals surface area (Å²) in [5.41, 5.74) is 1.54. The van der Waals surface area contributed by atoms with E-state index >= 15 is 0 Å². The third-order valence-electron chi connectivity index (χ3n) is 5.45. The van der Waals surface area contributed by atoms with Crippen molar-refractivity contribution in [3.05, 3.63) is 107 Å². The van der Waals surface area contributed by atoms with Gasteiger partial charge in [0.2, 0.25) is 0 Å². The first-order valence-corrected chi connectivity index (χ1v) is 10.2. The molecular weight excluding hydrogens is 432 g/mol. The second-order valence-electron chi connectivity index (χ2n) is 7.65. The number of benzene rings is 3. The van der Waals surface area contributed by atoms with E-state index in [9.17, 15) is 22.4 Å². The van der Waals surface area contributed by atoms with Crippen molar-refractivity contribution >= 4 is 11.6 Å². The topological polar surface area (TPSA) is 34.0 Å². The molecule has 0 aliphatic heterocycles. The van der Waals surface area contributed by atoms with Crippen molar-refractivity contribution in [3.63, 3.8) is 0 Å². The number of halogens is 4. The predicted molar refractivity (Wildman–Crippen MR) is 120 cm³/mol. The standard InChI is InChI=1S/C26H20F4N2O/c1-16-14-20(17(2)32(16)24-11-7-6-10-21(24)26(28,29)30)25(33)31-23-13-12-19(15-22(23)27)18-8-4-3-5-9-18/h3-15H,1-2H3,(H,31,33). The third-order valence-corrected chi connectivity index (χ3v) is 5.45. The maximum Gasteiger partial charge on any atom is 0.418 e. The molecule has 0 atom stereocenters. The Hall–Kier alpha value is -3.87. The molecule has 0 saturated carbocycles. The highest BCUT2D eigenvalue weighted by atomic mass is 19.4. The number of anilines is 1. The molecule has 1 amide bonds. The Morgan fingerprint density at radius 1 is 0.848 bits per heavy atom. The zero-order valence-electron chi connectivity index (χ0n) is 17.9. The first-order valence-electron chi connectivity index (χ1n) is 10.2. The van der Waals surface area contributed by atoms with Gasteiger partial charge in [0.1, 0.15) is 5.82 Å². The lowest BCUT2D eigenvalue weighted by atomic mass is 10.1. The summed E-state index contributed by atoms with van der Waals surface area (Å²) in [5, 5.41) is 2.53. The zero-order chi connectivity index (χ0) is 23.8. The molecule has 0 fully saturated rings. The van der Waals surface area contributed by atoms with Crippen LogP contribution in [0.2, 0.25) is 0 Å². The lowest BCUT2D eigenvalue weighted by Crippen LogP contribution is -2.15. The molecule has 1 N–H and O–H groups in total.